The van der Waals surface area contributed by atoms with E-state index in [-0.39, 0.29) is 11.8 Å². The van der Waals surface area contributed by atoms with Gasteiger partial charge in [-0.2, -0.15) is 0 Å². The zero-order chi connectivity index (χ0) is 18.5. The molecule has 1 aliphatic heterocycles. The number of methoxy groups -OCH3 is 1. The average molecular weight is 354 g/mol. The van der Waals surface area contributed by atoms with Gasteiger partial charge in [-0.15, -0.1) is 0 Å². The molecule has 0 radical (unpaired) electrons. The fourth-order valence-corrected chi connectivity index (χ4v) is 3.28. The van der Waals surface area contributed by atoms with Crippen molar-refractivity contribution >= 4 is 12.1 Å². The van der Waals surface area contributed by atoms with Crippen LogP contribution < -0.4 is 10.5 Å². The lowest BCUT2D eigenvalue weighted by molar-refractivity contribution is 0.0600. The second-order valence-electron chi connectivity index (χ2n) is 6.30. The van der Waals surface area contributed by atoms with E-state index in [1.165, 1.54) is 12.7 Å². The second-order valence-corrected chi connectivity index (χ2v) is 6.30. The Bertz CT molecular complexity index is 761. The van der Waals surface area contributed by atoms with Gasteiger partial charge in [0, 0.05) is 19.0 Å². The average Bonchev–Trinajstić information content (AvgIpc) is 3.13. The summed E-state index contributed by atoms with van der Waals surface area (Å²) in [6.07, 6.45) is -0.410. The first-order valence-electron chi connectivity index (χ1n) is 8.52. The van der Waals surface area contributed by atoms with Crippen molar-refractivity contribution in [3.8, 4) is 5.75 Å². The molecule has 1 aliphatic rings. The van der Waals surface area contributed by atoms with Gasteiger partial charge in [0.15, 0.2) is 0 Å². The number of ether oxygens (including phenoxy) is 2. The maximum atomic E-state index is 12.5. The van der Waals surface area contributed by atoms with Crippen LogP contribution in [0, 0.1) is 5.92 Å². The van der Waals surface area contributed by atoms with Gasteiger partial charge in [-0.1, -0.05) is 30.3 Å². The van der Waals surface area contributed by atoms with Crippen molar-refractivity contribution in [2.75, 3.05) is 26.7 Å². The molecule has 6 heteroatoms. The van der Waals surface area contributed by atoms with E-state index < -0.39 is 12.1 Å². The monoisotopic (exact) mass is 354 g/mol. The van der Waals surface area contributed by atoms with Crippen LogP contribution in [0.3, 0.4) is 0 Å². The molecule has 0 spiro atoms. The Kier molecular flexibility index (Phi) is 5.53. The summed E-state index contributed by atoms with van der Waals surface area (Å²) in [5.41, 5.74) is 7.50. The molecule has 1 amide bonds. The van der Waals surface area contributed by atoms with E-state index in [1.807, 2.05) is 18.2 Å². The molecule has 26 heavy (non-hydrogen) atoms. The molecule has 0 saturated carbocycles. The highest BCUT2D eigenvalue weighted by Crippen LogP contribution is 2.32. The Morgan fingerprint density at radius 1 is 1.08 bits per heavy atom. The highest BCUT2D eigenvalue weighted by molar-refractivity contribution is 5.89. The molecule has 2 N–H and O–H groups in total. The number of esters is 1. The SMILES string of the molecule is COC(=O)c1ccc(OC(=O)N2C[C@H](CN)[C@@H](c3ccccc3)C2)cc1. The first-order valence-corrected chi connectivity index (χ1v) is 8.52. The van der Waals surface area contributed by atoms with Crippen LogP contribution in [0.4, 0.5) is 4.79 Å². The fraction of sp³-hybridized carbons (Fsp3) is 0.300. The van der Waals surface area contributed by atoms with Crippen LogP contribution in [-0.4, -0.2) is 43.7 Å². The molecule has 0 bridgehead atoms. The van der Waals surface area contributed by atoms with Gasteiger partial charge in [0.1, 0.15) is 5.75 Å². The largest absolute Gasteiger partial charge is 0.465 e. The highest BCUT2D eigenvalue weighted by Gasteiger charge is 2.36. The van der Waals surface area contributed by atoms with Crippen LogP contribution in [0.5, 0.6) is 5.75 Å². The van der Waals surface area contributed by atoms with Crippen molar-refractivity contribution in [1.82, 2.24) is 4.90 Å². The van der Waals surface area contributed by atoms with Gasteiger partial charge < -0.3 is 20.1 Å². The highest BCUT2D eigenvalue weighted by atomic mass is 16.6. The van der Waals surface area contributed by atoms with Crippen LogP contribution in [0.1, 0.15) is 21.8 Å². The Morgan fingerprint density at radius 3 is 2.38 bits per heavy atom. The lowest BCUT2D eigenvalue weighted by Gasteiger charge is -2.16. The van der Waals surface area contributed by atoms with Crippen molar-refractivity contribution in [3.05, 3.63) is 65.7 Å². The predicted octanol–water partition coefficient (Wildman–Crippen LogP) is 2.65. The topological polar surface area (TPSA) is 81.9 Å². The number of nitrogens with zero attached hydrogens (tertiary/aromatic N) is 1. The van der Waals surface area contributed by atoms with E-state index in [0.29, 0.717) is 30.9 Å². The summed E-state index contributed by atoms with van der Waals surface area (Å²) in [5, 5.41) is 0. The summed E-state index contributed by atoms with van der Waals surface area (Å²) >= 11 is 0. The molecule has 2 aromatic carbocycles. The van der Waals surface area contributed by atoms with Gasteiger partial charge in [0.2, 0.25) is 0 Å². The maximum absolute atomic E-state index is 12.5. The maximum Gasteiger partial charge on any atom is 0.415 e. The molecule has 136 valence electrons. The molecule has 6 nitrogen and oxygen atoms in total. The van der Waals surface area contributed by atoms with Gasteiger partial charge in [0.25, 0.3) is 0 Å². The number of likely N-dealkylation sites (tertiary alicyclic amines) is 1. The quantitative estimate of drug-likeness (QED) is 0.854. The summed E-state index contributed by atoms with van der Waals surface area (Å²) in [6, 6.07) is 16.4. The summed E-state index contributed by atoms with van der Waals surface area (Å²) in [7, 11) is 1.32. The van der Waals surface area contributed by atoms with Crippen LogP contribution in [0.25, 0.3) is 0 Å². The van der Waals surface area contributed by atoms with E-state index in [4.69, 9.17) is 10.5 Å². The molecule has 3 rings (SSSR count). The number of hydrogen-bond acceptors (Lipinski definition) is 5. The second kappa shape index (κ2) is 8.01. The van der Waals surface area contributed by atoms with Crippen LogP contribution in [0.2, 0.25) is 0 Å². The standard InChI is InChI=1S/C20H22N2O4/c1-25-19(23)15-7-9-17(10-8-15)26-20(24)22-12-16(11-21)18(13-22)14-5-3-2-4-6-14/h2-10,16,18H,11-13,21H2,1H3/t16-,18+/m0/s1. The number of rotatable bonds is 4. The van der Waals surface area contributed by atoms with Crippen molar-refractivity contribution in [3.63, 3.8) is 0 Å². The molecule has 1 heterocycles. The van der Waals surface area contributed by atoms with Crippen LogP contribution >= 0.6 is 0 Å². The molecular weight excluding hydrogens is 332 g/mol. The third kappa shape index (κ3) is 3.86. The molecule has 0 aromatic heterocycles. The predicted molar refractivity (Wildman–Crippen MR) is 97.1 cm³/mol. The Labute approximate surface area is 152 Å². The van der Waals surface area contributed by atoms with Gasteiger partial charge in [-0.3, -0.25) is 0 Å². The fourth-order valence-electron chi connectivity index (χ4n) is 3.28. The number of carbonyl (C=O) groups excluding carboxylic acids is 2. The van der Waals surface area contributed by atoms with E-state index in [9.17, 15) is 9.59 Å². The minimum absolute atomic E-state index is 0.201. The first-order chi connectivity index (χ1) is 12.6. The van der Waals surface area contributed by atoms with E-state index in [2.05, 4.69) is 16.9 Å². The third-order valence-corrected chi connectivity index (χ3v) is 4.71. The Balaban J connectivity index is 1.66. The minimum Gasteiger partial charge on any atom is -0.465 e. The van der Waals surface area contributed by atoms with Crippen LogP contribution in [0.15, 0.2) is 54.6 Å². The van der Waals surface area contributed by atoms with E-state index in [1.54, 1.807) is 29.2 Å². The Hall–Kier alpha value is -2.86. The van der Waals surface area contributed by atoms with Gasteiger partial charge in [-0.25, -0.2) is 9.59 Å². The van der Waals surface area contributed by atoms with E-state index >= 15 is 0 Å². The number of benzene rings is 2. The van der Waals surface area contributed by atoms with Gasteiger partial charge in [-0.05, 0) is 42.3 Å². The lowest BCUT2D eigenvalue weighted by Crippen LogP contribution is -2.32. The normalized spacial score (nSPS) is 19.2. The third-order valence-electron chi connectivity index (χ3n) is 4.71. The molecule has 1 saturated heterocycles. The molecule has 1 fully saturated rings. The summed E-state index contributed by atoms with van der Waals surface area (Å²) in [4.78, 5) is 25.6. The number of hydrogen-bond donors (Lipinski definition) is 1. The number of carbonyl (C=O) groups is 2. The Morgan fingerprint density at radius 2 is 1.77 bits per heavy atom. The van der Waals surface area contributed by atoms with Crippen molar-refractivity contribution in [1.29, 1.82) is 0 Å². The lowest BCUT2D eigenvalue weighted by atomic mass is 9.89. The van der Waals surface area contributed by atoms with Gasteiger partial charge in [0.05, 0.1) is 12.7 Å². The number of nitrogens with two attached hydrogens (primary N) is 1. The minimum atomic E-state index is -0.432. The zero-order valence-electron chi connectivity index (χ0n) is 14.6. The molecule has 0 aliphatic carbocycles. The van der Waals surface area contributed by atoms with Crippen molar-refractivity contribution in [2.24, 2.45) is 11.7 Å². The molecule has 0 unspecified atom stereocenters. The molecular formula is C20H22N2O4. The first kappa shape index (κ1) is 17.9. The van der Waals surface area contributed by atoms with Crippen molar-refractivity contribution in [2.45, 2.75) is 5.92 Å². The summed E-state index contributed by atoms with van der Waals surface area (Å²) < 4.78 is 10.1. The molecule has 2 atom stereocenters. The van der Waals surface area contributed by atoms with Gasteiger partial charge >= 0.3 is 12.1 Å². The summed E-state index contributed by atoms with van der Waals surface area (Å²) in [6.45, 7) is 1.65. The zero-order valence-corrected chi connectivity index (χ0v) is 14.6. The van der Waals surface area contributed by atoms with E-state index in [0.717, 1.165) is 0 Å². The van der Waals surface area contributed by atoms with Crippen molar-refractivity contribution < 1.29 is 19.1 Å². The number of amides is 1. The van der Waals surface area contributed by atoms with Crippen LogP contribution in [-0.2, 0) is 4.74 Å². The summed E-state index contributed by atoms with van der Waals surface area (Å²) in [5.74, 6) is 0.358. The molecule has 2 aromatic rings. The smallest absolute Gasteiger partial charge is 0.415 e.